The van der Waals surface area contributed by atoms with Gasteiger partial charge in [-0.3, -0.25) is 0 Å². The highest BCUT2D eigenvalue weighted by molar-refractivity contribution is 5.51. The first kappa shape index (κ1) is 14.8. The van der Waals surface area contributed by atoms with Crippen LogP contribution in [0.25, 0.3) is 0 Å². The molecule has 0 bridgehead atoms. The third-order valence-corrected chi connectivity index (χ3v) is 3.19. The Morgan fingerprint density at radius 3 is 2.50 bits per heavy atom. The predicted molar refractivity (Wildman–Crippen MR) is 77.9 cm³/mol. The summed E-state index contributed by atoms with van der Waals surface area (Å²) in [6, 6.07) is 8.21. The van der Waals surface area contributed by atoms with Gasteiger partial charge < -0.3 is 15.4 Å². The number of hydrogen-bond acceptors (Lipinski definition) is 3. The normalized spacial score (nSPS) is 13.0. The van der Waals surface area contributed by atoms with Gasteiger partial charge in [-0.2, -0.15) is 0 Å². The molecule has 1 atom stereocenters. The molecule has 0 fully saturated rings. The molecule has 1 rings (SSSR count). The second kappa shape index (κ2) is 7.27. The van der Waals surface area contributed by atoms with Crippen molar-refractivity contribution in [3.63, 3.8) is 0 Å². The zero-order chi connectivity index (χ0) is 13.5. The Labute approximate surface area is 111 Å². The standard InChI is InChI=1S/C15H26N2O/c1-12(2)11-13(3)17(4)9-10-18-15-8-6-5-7-14(15)16/h5-8,12-13H,9-11,16H2,1-4H3. The minimum Gasteiger partial charge on any atom is -0.490 e. The number of likely N-dealkylation sites (N-methyl/N-ethyl adjacent to an activating group) is 1. The average molecular weight is 250 g/mol. The van der Waals surface area contributed by atoms with Crippen molar-refractivity contribution < 1.29 is 4.74 Å². The van der Waals surface area contributed by atoms with Gasteiger partial charge in [-0.05, 0) is 38.4 Å². The van der Waals surface area contributed by atoms with Crippen molar-refractivity contribution in [2.45, 2.75) is 33.2 Å². The lowest BCUT2D eigenvalue weighted by Crippen LogP contribution is -2.33. The molecule has 102 valence electrons. The second-order valence-corrected chi connectivity index (χ2v) is 5.35. The number of nitrogens with two attached hydrogens (primary N) is 1. The molecule has 0 aliphatic carbocycles. The van der Waals surface area contributed by atoms with Gasteiger partial charge in [0.25, 0.3) is 0 Å². The maximum absolute atomic E-state index is 5.82. The summed E-state index contributed by atoms with van der Waals surface area (Å²) in [5.74, 6) is 1.51. The molecule has 0 spiro atoms. The van der Waals surface area contributed by atoms with E-state index in [1.54, 1.807) is 0 Å². The number of nitrogens with zero attached hydrogens (tertiary/aromatic N) is 1. The monoisotopic (exact) mass is 250 g/mol. The molecule has 3 nitrogen and oxygen atoms in total. The van der Waals surface area contributed by atoms with E-state index in [1.165, 1.54) is 6.42 Å². The van der Waals surface area contributed by atoms with Crippen molar-refractivity contribution in [3.05, 3.63) is 24.3 Å². The fourth-order valence-electron chi connectivity index (χ4n) is 1.99. The van der Waals surface area contributed by atoms with Crippen LogP contribution in [0.2, 0.25) is 0 Å². The van der Waals surface area contributed by atoms with Gasteiger partial charge in [0.1, 0.15) is 12.4 Å². The molecular weight excluding hydrogens is 224 g/mol. The van der Waals surface area contributed by atoms with Gasteiger partial charge in [0.05, 0.1) is 5.69 Å². The topological polar surface area (TPSA) is 38.5 Å². The van der Waals surface area contributed by atoms with Crippen molar-refractivity contribution >= 4 is 5.69 Å². The second-order valence-electron chi connectivity index (χ2n) is 5.35. The number of hydrogen-bond donors (Lipinski definition) is 1. The fourth-order valence-corrected chi connectivity index (χ4v) is 1.99. The Hall–Kier alpha value is -1.22. The van der Waals surface area contributed by atoms with Gasteiger partial charge in [-0.1, -0.05) is 26.0 Å². The molecule has 1 aromatic rings. The molecule has 0 aliphatic heterocycles. The van der Waals surface area contributed by atoms with Crippen molar-refractivity contribution in [2.75, 3.05) is 25.9 Å². The molecule has 0 aromatic heterocycles. The lowest BCUT2D eigenvalue weighted by Gasteiger charge is -2.26. The number of nitrogen functional groups attached to an aromatic ring is 1. The summed E-state index contributed by atoms with van der Waals surface area (Å²) in [6.07, 6.45) is 1.21. The molecule has 0 amide bonds. The third kappa shape index (κ3) is 4.96. The molecule has 0 heterocycles. The lowest BCUT2D eigenvalue weighted by molar-refractivity contribution is 0.184. The predicted octanol–water partition coefficient (Wildman–Crippen LogP) is 3.01. The van der Waals surface area contributed by atoms with Crippen LogP contribution in [-0.4, -0.2) is 31.1 Å². The van der Waals surface area contributed by atoms with Crippen LogP contribution in [0, 0.1) is 5.92 Å². The first-order valence-corrected chi connectivity index (χ1v) is 6.68. The van der Waals surface area contributed by atoms with E-state index in [0.717, 1.165) is 18.2 Å². The zero-order valence-electron chi connectivity index (χ0n) is 12.0. The molecule has 3 heteroatoms. The molecule has 18 heavy (non-hydrogen) atoms. The van der Waals surface area contributed by atoms with Crippen molar-refractivity contribution in [2.24, 2.45) is 5.92 Å². The van der Waals surface area contributed by atoms with Crippen LogP contribution < -0.4 is 10.5 Å². The first-order chi connectivity index (χ1) is 8.50. The highest BCUT2D eigenvalue weighted by Crippen LogP contribution is 2.19. The lowest BCUT2D eigenvalue weighted by atomic mass is 10.0. The molecule has 1 aromatic carbocycles. The van der Waals surface area contributed by atoms with E-state index < -0.39 is 0 Å². The summed E-state index contributed by atoms with van der Waals surface area (Å²) >= 11 is 0. The average Bonchev–Trinajstić information content (AvgIpc) is 2.30. The fraction of sp³-hybridized carbons (Fsp3) is 0.600. The molecule has 0 radical (unpaired) electrons. The van der Waals surface area contributed by atoms with E-state index in [2.05, 4.69) is 32.7 Å². The summed E-state index contributed by atoms with van der Waals surface area (Å²) in [5.41, 5.74) is 6.53. The number of rotatable bonds is 7. The molecular formula is C15H26N2O. The summed E-state index contributed by atoms with van der Waals surface area (Å²) in [4.78, 5) is 2.33. The molecule has 1 unspecified atom stereocenters. The summed E-state index contributed by atoms with van der Waals surface area (Å²) in [7, 11) is 2.14. The first-order valence-electron chi connectivity index (χ1n) is 6.68. The zero-order valence-corrected chi connectivity index (χ0v) is 12.0. The number of benzene rings is 1. The van der Waals surface area contributed by atoms with Crippen LogP contribution in [0.4, 0.5) is 5.69 Å². The molecule has 0 saturated carbocycles. The maximum atomic E-state index is 5.82. The van der Waals surface area contributed by atoms with Crippen LogP contribution in [0.3, 0.4) is 0 Å². The highest BCUT2D eigenvalue weighted by atomic mass is 16.5. The Morgan fingerprint density at radius 1 is 1.22 bits per heavy atom. The summed E-state index contributed by atoms with van der Waals surface area (Å²) in [6.45, 7) is 8.36. The van der Waals surface area contributed by atoms with Crippen LogP contribution in [0.1, 0.15) is 27.2 Å². The van der Waals surface area contributed by atoms with Gasteiger partial charge in [0.2, 0.25) is 0 Å². The Kier molecular flexibility index (Phi) is 5.99. The summed E-state index contributed by atoms with van der Waals surface area (Å²) < 4.78 is 5.70. The van der Waals surface area contributed by atoms with Gasteiger partial charge in [-0.25, -0.2) is 0 Å². The van der Waals surface area contributed by atoms with Gasteiger partial charge in [0.15, 0.2) is 0 Å². The highest BCUT2D eigenvalue weighted by Gasteiger charge is 2.10. The van der Waals surface area contributed by atoms with Gasteiger partial charge >= 0.3 is 0 Å². The Morgan fingerprint density at radius 2 is 1.89 bits per heavy atom. The minimum atomic E-state index is 0.585. The van der Waals surface area contributed by atoms with E-state index in [9.17, 15) is 0 Å². The minimum absolute atomic E-state index is 0.585. The van der Waals surface area contributed by atoms with E-state index in [1.807, 2.05) is 24.3 Å². The molecule has 0 aliphatic rings. The van der Waals surface area contributed by atoms with Gasteiger partial charge in [0, 0.05) is 12.6 Å². The van der Waals surface area contributed by atoms with Crippen LogP contribution in [-0.2, 0) is 0 Å². The van der Waals surface area contributed by atoms with E-state index in [-0.39, 0.29) is 0 Å². The number of ether oxygens (including phenoxy) is 1. The quantitative estimate of drug-likeness (QED) is 0.756. The van der Waals surface area contributed by atoms with Crippen molar-refractivity contribution in [1.29, 1.82) is 0 Å². The summed E-state index contributed by atoms with van der Waals surface area (Å²) in [5, 5.41) is 0. The van der Waals surface area contributed by atoms with Crippen LogP contribution in [0.15, 0.2) is 24.3 Å². The van der Waals surface area contributed by atoms with E-state index in [0.29, 0.717) is 18.3 Å². The van der Waals surface area contributed by atoms with E-state index in [4.69, 9.17) is 10.5 Å². The Balaban J connectivity index is 2.31. The molecule has 2 N–H and O–H groups in total. The largest absolute Gasteiger partial charge is 0.490 e. The smallest absolute Gasteiger partial charge is 0.142 e. The van der Waals surface area contributed by atoms with Crippen LogP contribution >= 0.6 is 0 Å². The SMILES string of the molecule is CC(C)CC(C)N(C)CCOc1ccccc1N. The van der Waals surface area contributed by atoms with Crippen molar-refractivity contribution in [3.8, 4) is 5.75 Å². The Bertz CT molecular complexity index is 352. The van der Waals surface area contributed by atoms with E-state index >= 15 is 0 Å². The van der Waals surface area contributed by atoms with Crippen LogP contribution in [0.5, 0.6) is 5.75 Å². The number of para-hydroxylation sites is 2. The molecule has 0 saturated heterocycles. The third-order valence-electron chi connectivity index (χ3n) is 3.19. The number of anilines is 1. The van der Waals surface area contributed by atoms with Crippen molar-refractivity contribution in [1.82, 2.24) is 4.90 Å². The van der Waals surface area contributed by atoms with Gasteiger partial charge in [-0.15, -0.1) is 0 Å². The maximum Gasteiger partial charge on any atom is 0.142 e.